The predicted molar refractivity (Wildman–Crippen MR) is 107 cm³/mol. The summed E-state index contributed by atoms with van der Waals surface area (Å²) in [6.07, 6.45) is 6.77. The Morgan fingerprint density at radius 1 is 1.08 bits per heavy atom. The molecule has 0 spiro atoms. The Morgan fingerprint density at radius 2 is 1.73 bits per heavy atom. The molecule has 0 unspecified atom stereocenters. The van der Waals surface area contributed by atoms with Gasteiger partial charge in [0.2, 0.25) is 0 Å². The van der Waals surface area contributed by atoms with E-state index in [4.69, 9.17) is 0 Å². The molecule has 0 atom stereocenters. The van der Waals surface area contributed by atoms with Crippen LogP contribution in [0.1, 0.15) is 57.1 Å². The number of benzene rings is 1. The van der Waals surface area contributed by atoms with Gasteiger partial charge in [-0.2, -0.15) is 5.10 Å². The first-order valence-corrected chi connectivity index (χ1v) is 11.5. The van der Waals surface area contributed by atoms with Crippen LogP contribution in [-0.2, 0) is 16.3 Å². The fourth-order valence-electron chi connectivity index (χ4n) is 3.88. The minimum atomic E-state index is -2.90. The molecule has 1 aromatic rings. The zero-order chi connectivity index (χ0) is 18.6. The normalized spacial score (nSPS) is 23.7. The van der Waals surface area contributed by atoms with E-state index in [1.165, 1.54) is 24.8 Å². The largest absolute Gasteiger partial charge is 0.242 e. The van der Waals surface area contributed by atoms with E-state index in [1.54, 1.807) is 13.8 Å². The number of sulfone groups is 1. The monoisotopic (exact) mass is 377 g/mol. The summed E-state index contributed by atoms with van der Waals surface area (Å²) < 4.78 is 24.2. The molecule has 1 fully saturated rings. The van der Waals surface area contributed by atoms with Gasteiger partial charge in [-0.3, -0.25) is 0 Å². The van der Waals surface area contributed by atoms with Crippen LogP contribution in [0, 0.1) is 11.8 Å². The summed E-state index contributed by atoms with van der Waals surface area (Å²) in [5.41, 5.74) is 9.35. The molecule has 0 radical (unpaired) electrons. The van der Waals surface area contributed by atoms with E-state index >= 15 is 0 Å². The van der Waals surface area contributed by atoms with Gasteiger partial charge in [0.1, 0.15) is 0 Å². The summed E-state index contributed by atoms with van der Waals surface area (Å²) >= 11 is 0. The molecule has 1 aliphatic carbocycles. The van der Waals surface area contributed by atoms with Crippen LogP contribution in [0.5, 0.6) is 0 Å². The van der Waals surface area contributed by atoms with Crippen LogP contribution in [0.15, 0.2) is 29.4 Å². The van der Waals surface area contributed by atoms with Gasteiger partial charge in [0.25, 0.3) is 0 Å². The summed E-state index contributed by atoms with van der Waals surface area (Å²) in [5, 5.41) is 3.97. The van der Waals surface area contributed by atoms with Gasteiger partial charge < -0.3 is 0 Å². The fraction of sp³-hybridized carbons (Fsp3) is 0.650. The minimum Gasteiger partial charge on any atom is -0.242 e. The molecule has 0 amide bonds. The van der Waals surface area contributed by atoms with E-state index in [9.17, 15) is 8.42 Å². The van der Waals surface area contributed by atoms with Crippen molar-refractivity contribution < 1.29 is 8.42 Å². The highest BCUT2D eigenvalue weighted by atomic mass is 32.2. The summed E-state index contributed by atoms with van der Waals surface area (Å²) in [4.78, 5) is 0. The Kier molecular flexibility index (Phi) is 6.35. The topological polar surface area (TPSA) is 70.6 Å². The Balaban J connectivity index is 1.42. The van der Waals surface area contributed by atoms with E-state index in [2.05, 4.69) is 40.3 Å². The van der Waals surface area contributed by atoms with E-state index in [1.807, 2.05) is 0 Å². The van der Waals surface area contributed by atoms with Gasteiger partial charge in [-0.25, -0.2) is 19.4 Å². The van der Waals surface area contributed by atoms with Crippen LogP contribution >= 0.6 is 0 Å². The van der Waals surface area contributed by atoms with Crippen LogP contribution in [0.2, 0.25) is 0 Å². The first-order chi connectivity index (χ1) is 12.4. The average molecular weight is 378 g/mol. The second-order valence-electron chi connectivity index (χ2n) is 8.02. The molecule has 0 saturated heterocycles. The molecule has 5 nitrogen and oxygen atoms in total. The van der Waals surface area contributed by atoms with Crippen LogP contribution < -0.4 is 11.0 Å². The third kappa shape index (κ3) is 5.07. The third-order valence-electron chi connectivity index (χ3n) is 5.81. The molecule has 2 aliphatic rings. The van der Waals surface area contributed by atoms with Crippen molar-refractivity contribution in [1.82, 2.24) is 11.0 Å². The molecule has 1 heterocycles. The van der Waals surface area contributed by atoms with Crippen molar-refractivity contribution in [3.8, 4) is 0 Å². The number of aryl methyl sites for hydroxylation is 1. The quantitative estimate of drug-likeness (QED) is 0.766. The predicted octanol–water partition coefficient (Wildman–Crippen LogP) is 3.06. The molecular weight excluding hydrogens is 346 g/mol. The van der Waals surface area contributed by atoms with E-state index in [0.717, 1.165) is 43.0 Å². The lowest BCUT2D eigenvalue weighted by molar-refractivity contribution is 0.278. The molecule has 0 bridgehead atoms. The second-order valence-corrected chi connectivity index (χ2v) is 10.6. The number of hydrogen-bond acceptors (Lipinski definition) is 5. The second kappa shape index (κ2) is 8.53. The summed E-state index contributed by atoms with van der Waals surface area (Å²) in [5.74, 6) is 1.49. The van der Waals surface area contributed by atoms with Crippen molar-refractivity contribution in [2.75, 3.05) is 12.3 Å². The van der Waals surface area contributed by atoms with E-state index in [-0.39, 0.29) is 5.25 Å². The number of hydrazine groups is 1. The van der Waals surface area contributed by atoms with Crippen molar-refractivity contribution in [3.05, 3.63) is 35.4 Å². The lowest BCUT2D eigenvalue weighted by Gasteiger charge is -2.28. The van der Waals surface area contributed by atoms with Crippen LogP contribution in [-0.4, -0.2) is 31.7 Å². The zero-order valence-corrected chi connectivity index (χ0v) is 16.7. The third-order valence-corrected chi connectivity index (χ3v) is 8.18. The Labute approximate surface area is 157 Å². The fourth-order valence-corrected chi connectivity index (χ4v) is 5.25. The van der Waals surface area contributed by atoms with Crippen LogP contribution in [0.25, 0.3) is 0 Å². The number of rotatable bonds is 7. The van der Waals surface area contributed by atoms with E-state index < -0.39 is 9.84 Å². The number of nitrogens with zero attached hydrogens (tertiary/aromatic N) is 1. The molecular formula is C20H31N3O2S. The Hall–Kier alpha value is -1.40. The van der Waals surface area contributed by atoms with Gasteiger partial charge in [-0.15, -0.1) is 0 Å². The van der Waals surface area contributed by atoms with Gasteiger partial charge in [-0.1, -0.05) is 37.1 Å². The number of nitrogens with one attached hydrogen (secondary N) is 2. The molecule has 1 aliphatic heterocycles. The minimum absolute atomic E-state index is 0.245. The molecule has 3 rings (SSSR count). The Bertz CT molecular complexity index is 718. The van der Waals surface area contributed by atoms with Gasteiger partial charge in [0.05, 0.1) is 23.3 Å². The standard InChI is InChI=1S/C20H31N3O2S/c1-15(2)26(24,25)14-18-7-5-16(6-8-18)3-4-17-9-11-19(12-10-17)20-13-21-23-22-20/h9-12,15-16,18,21,23H,3-8,13-14H2,1-2H3. The Morgan fingerprint density at radius 3 is 2.31 bits per heavy atom. The van der Waals surface area contributed by atoms with Gasteiger partial charge in [0, 0.05) is 0 Å². The lowest BCUT2D eigenvalue weighted by atomic mass is 9.80. The smallest absolute Gasteiger partial charge is 0.152 e. The average Bonchev–Trinajstić information content (AvgIpc) is 3.16. The zero-order valence-electron chi connectivity index (χ0n) is 15.9. The van der Waals surface area contributed by atoms with Crippen molar-refractivity contribution >= 4 is 15.5 Å². The van der Waals surface area contributed by atoms with Gasteiger partial charge >= 0.3 is 0 Å². The molecule has 2 N–H and O–H groups in total. The summed E-state index contributed by atoms with van der Waals surface area (Å²) in [6, 6.07) is 8.71. The van der Waals surface area contributed by atoms with Crippen LogP contribution in [0.4, 0.5) is 0 Å². The maximum Gasteiger partial charge on any atom is 0.152 e. The first-order valence-electron chi connectivity index (χ1n) is 9.79. The molecule has 1 aromatic carbocycles. The first kappa shape index (κ1) is 19.4. The molecule has 1 saturated carbocycles. The molecule has 6 heteroatoms. The lowest BCUT2D eigenvalue weighted by Crippen LogP contribution is -2.26. The van der Waals surface area contributed by atoms with Gasteiger partial charge in [-0.05, 0) is 62.5 Å². The SMILES string of the molecule is CC(C)S(=O)(=O)CC1CCC(CCc2ccc(C3=NNNC3)cc2)CC1. The van der Waals surface area contributed by atoms with Crippen molar-refractivity contribution in [2.45, 2.75) is 57.6 Å². The molecule has 26 heavy (non-hydrogen) atoms. The number of hydrazone groups is 1. The van der Waals surface area contributed by atoms with Crippen molar-refractivity contribution in [2.24, 2.45) is 16.9 Å². The molecule has 144 valence electrons. The summed E-state index contributed by atoms with van der Waals surface area (Å²) in [6.45, 7) is 4.34. The maximum atomic E-state index is 12.1. The number of hydrogen-bond donors (Lipinski definition) is 2. The highest BCUT2D eigenvalue weighted by molar-refractivity contribution is 7.91. The highest BCUT2D eigenvalue weighted by Gasteiger charge is 2.27. The highest BCUT2D eigenvalue weighted by Crippen LogP contribution is 2.33. The van der Waals surface area contributed by atoms with E-state index in [0.29, 0.717) is 11.7 Å². The van der Waals surface area contributed by atoms with Crippen molar-refractivity contribution in [3.63, 3.8) is 0 Å². The van der Waals surface area contributed by atoms with Crippen LogP contribution in [0.3, 0.4) is 0 Å². The van der Waals surface area contributed by atoms with Gasteiger partial charge in [0.15, 0.2) is 9.84 Å². The maximum absolute atomic E-state index is 12.1. The van der Waals surface area contributed by atoms with Crippen molar-refractivity contribution in [1.29, 1.82) is 0 Å². The molecule has 0 aromatic heterocycles. The summed E-state index contributed by atoms with van der Waals surface area (Å²) in [7, 11) is -2.90.